The molecule has 4 nitrogen and oxygen atoms in total. The van der Waals surface area contributed by atoms with Crippen LogP contribution in [-0.2, 0) is 17.1 Å². The molecule has 0 aliphatic heterocycles. The van der Waals surface area contributed by atoms with E-state index in [4.69, 9.17) is 27.9 Å². The molecular weight excluding hydrogens is 355 g/mol. The van der Waals surface area contributed by atoms with Gasteiger partial charge in [0.25, 0.3) is 0 Å². The van der Waals surface area contributed by atoms with E-state index in [1.54, 1.807) is 31.5 Å². The lowest BCUT2D eigenvalue weighted by Crippen LogP contribution is -2.25. The number of hydrogen-bond acceptors (Lipinski definition) is 4. The Morgan fingerprint density at radius 1 is 1.30 bits per heavy atom. The number of pyridine rings is 1. The summed E-state index contributed by atoms with van der Waals surface area (Å²) < 4.78 is 5.15. The second-order valence-corrected chi connectivity index (χ2v) is 6.51. The fourth-order valence-corrected chi connectivity index (χ4v) is 3.30. The number of benzene rings is 1. The lowest BCUT2D eigenvalue weighted by molar-refractivity contribution is -0.118. The van der Waals surface area contributed by atoms with E-state index < -0.39 is 0 Å². The highest BCUT2D eigenvalue weighted by Crippen LogP contribution is 2.24. The van der Waals surface area contributed by atoms with E-state index in [9.17, 15) is 4.79 Å². The number of methoxy groups -OCH3 is 1. The van der Waals surface area contributed by atoms with Crippen LogP contribution in [0.2, 0.25) is 10.0 Å². The van der Waals surface area contributed by atoms with Crippen molar-refractivity contribution in [3.05, 3.63) is 57.7 Å². The highest BCUT2D eigenvalue weighted by atomic mass is 35.5. The molecule has 0 aliphatic rings. The van der Waals surface area contributed by atoms with Crippen molar-refractivity contribution in [2.75, 3.05) is 12.9 Å². The zero-order chi connectivity index (χ0) is 16.7. The van der Waals surface area contributed by atoms with E-state index in [0.29, 0.717) is 34.0 Å². The third-order valence-corrected chi connectivity index (χ3v) is 4.59. The number of carbonyl (C=O) groups is 1. The molecule has 0 atom stereocenters. The second kappa shape index (κ2) is 9.01. The van der Waals surface area contributed by atoms with Gasteiger partial charge in [-0.1, -0.05) is 35.3 Å². The summed E-state index contributed by atoms with van der Waals surface area (Å²) in [6.45, 7) is 0.387. The topological polar surface area (TPSA) is 51.2 Å². The van der Waals surface area contributed by atoms with Crippen LogP contribution in [0, 0.1) is 0 Å². The van der Waals surface area contributed by atoms with Gasteiger partial charge in [0.1, 0.15) is 0 Å². The molecule has 1 aromatic carbocycles. The zero-order valence-electron chi connectivity index (χ0n) is 12.5. The predicted octanol–water partition coefficient (Wildman–Crippen LogP) is 3.95. The first-order valence-corrected chi connectivity index (χ1v) is 8.77. The molecule has 0 radical (unpaired) electrons. The number of rotatable bonds is 7. The Labute approximate surface area is 149 Å². The molecule has 1 aromatic heterocycles. The molecule has 0 fully saturated rings. The van der Waals surface area contributed by atoms with E-state index in [2.05, 4.69) is 10.3 Å². The quantitative estimate of drug-likeness (QED) is 0.801. The number of thioether (sulfide) groups is 1. The molecule has 0 aliphatic carbocycles. The number of aromatic nitrogens is 1. The van der Waals surface area contributed by atoms with Gasteiger partial charge >= 0.3 is 0 Å². The van der Waals surface area contributed by atoms with E-state index in [1.807, 2.05) is 12.1 Å². The first kappa shape index (κ1) is 17.9. The molecule has 122 valence electrons. The third-order valence-electron chi connectivity index (χ3n) is 3.03. The maximum atomic E-state index is 11.9. The van der Waals surface area contributed by atoms with Gasteiger partial charge in [0.05, 0.1) is 12.9 Å². The Hall–Kier alpha value is -1.43. The summed E-state index contributed by atoms with van der Waals surface area (Å²) in [5.41, 5.74) is 1.80. The lowest BCUT2D eigenvalue weighted by Gasteiger charge is -2.09. The van der Waals surface area contributed by atoms with Gasteiger partial charge in [-0.05, 0) is 23.8 Å². The fraction of sp³-hybridized carbons (Fsp3) is 0.250. The molecule has 23 heavy (non-hydrogen) atoms. The normalized spacial score (nSPS) is 10.4. The summed E-state index contributed by atoms with van der Waals surface area (Å²) >= 11 is 13.4. The Morgan fingerprint density at radius 3 is 2.87 bits per heavy atom. The molecular formula is C16H16Cl2N2O2S. The molecule has 0 saturated heterocycles. The minimum absolute atomic E-state index is 0.0500. The summed E-state index contributed by atoms with van der Waals surface area (Å²) in [4.78, 5) is 16.0. The first-order chi connectivity index (χ1) is 11.1. The van der Waals surface area contributed by atoms with Gasteiger partial charge in [0, 0.05) is 34.1 Å². The standard InChI is InChI=1S/C16H16Cl2N2O2S/c1-22-16-11(3-2-6-19-16)8-20-15(21)10-23-9-12-4-5-13(17)7-14(12)18/h2-7H,8-10H2,1H3,(H,20,21). The molecule has 2 aromatic rings. The number of nitrogens with zero attached hydrogens (tertiary/aromatic N) is 1. The van der Waals surface area contributed by atoms with Crippen molar-refractivity contribution in [2.45, 2.75) is 12.3 Å². The van der Waals surface area contributed by atoms with Crippen molar-refractivity contribution in [3.63, 3.8) is 0 Å². The number of nitrogens with one attached hydrogen (secondary N) is 1. The van der Waals surface area contributed by atoms with Crippen LogP contribution in [0.5, 0.6) is 5.88 Å². The minimum atomic E-state index is -0.0500. The van der Waals surface area contributed by atoms with E-state index in [0.717, 1.165) is 11.1 Å². The van der Waals surface area contributed by atoms with Crippen molar-refractivity contribution in [1.82, 2.24) is 10.3 Å². The van der Waals surface area contributed by atoms with Crippen LogP contribution in [0.1, 0.15) is 11.1 Å². The molecule has 1 amide bonds. The second-order valence-electron chi connectivity index (χ2n) is 4.68. The predicted molar refractivity (Wildman–Crippen MR) is 95.3 cm³/mol. The molecule has 0 spiro atoms. The van der Waals surface area contributed by atoms with Gasteiger partial charge in [-0.25, -0.2) is 4.98 Å². The minimum Gasteiger partial charge on any atom is -0.481 e. The van der Waals surface area contributed by atoms with Gasteiger partial charge < -0.3 is 10.1 Å². The maximum absolute atomic E-state index is 11.9. The van der Waals surface area contributed by atoms with Crippen molar-refractivity contribution >= 4 is 40.9 Å². The monoisotopic (exact) mass is 370 g/mol. The van der Waals surface area contributed by atoms with Gasteiger partial charge in [-0.2, -0.15) is 0 Å². The maximum Gasteiger partial charge on any atom is 0.230 e. The summed E-state index contributed by atoms with van der Waals surface area (Å²) in [5, 5.41) is 4.07. The Morgan fingerprint density at radius 2 is 2.13 bits per heavy atom. The number of hydrogen-bond donors (Lipinski definition) is 1. The van der Waals surface area contributed by atoms with Crippen LogP contribution in [0.15, 0.2) is 36.5 Å². The number of carbonyl (C=O) groups excluding carboxylic acids is 1. The van der Waals surface area contributed by atoms with Crippen LogP contribution in [0.3, 0.4) is 0 Å². The van der Waals surface area contributed by atoms with E-state index in [-0.39, 0.29) is 5.91 Å². The highest BCUT2D eigenvalue weighted by Gasteiger charge is 2.07. The Bertz CT molecular complexity index is 683. The highest BCUT2D eigenvalue weighted by molar-refractivity contribution is 7.99. The van der Waals surface area contributed by atoms with Crippen LogP contribution < -0.4 is 10.1 Å². The van der Waals surface area contributed by atoms with Gasteiger partial charge in [0.15, 0.2) is 0 Å². The summed E-state index contributed by atoms with van der Waals surface area (Å²) in [5.74, 6) is 1.47. The third kappa shape index (κ3) is 5.61. The molecule has 1 N–H and O–H groups in total. The first-order valence-electron chi connectivity index (χ1n) is 6.86. The molecule has 2 rings (SSSR count). The molecule has 1 heterocycles. The van der Waals surface area contributed by atoms with Crippen molar-refractivity contribution in [2.24, 2.45) is 0 Å². The summed E-state index contributed by atoms with van der Waals surface area (Å²) in [6.07, 6.45) is 1.65. The largest absolute Gasteiger partial charge is 0.481 e. The summed E-state index contributed by atoms with van der Waals surface area (Å²) in [7, 11) is 1.55. The Balaban J connectivity index is 1.77. The van der Waals surface area contributed by atoms with E-state index >= 15 is 0 Å². The molecule has 0 unspecified atom stereocenters. The summed E-state index contributed by atoms with van der Waals surface area (Å²) in [6, 6.07) is 9.04. The average molecular weight is 371 g/mol. The van der Waals surface area contributed by atoms with Crippen molar-refractivity contribution in [1.29, 1.82) is 0 Å². The van der Waals surface area contributed by atoms with Crippen LogP contribution in [0.25, 0.3) is 0 Å². The van der Waals surface area contributed by atoms with Crippen molar-refractivity contribution < 1.29 is 9.53 Å². The average Bonchev–Trinajstić information content (AvgIpc) is 2.55. The fourth-order valence-electron chi connectivity index (χ4n) is 1.88. The van der Waals surface area contributed by atoms with Crippen molar-refractivity contribution in [3.8, 4) is 5.88 Å². The SMILES string of the molecule is COc1ncccc1CNC(=O)CSCc1ccc(Cl)cc1Cl. The molecule has 7 heteroatoms. The van der Waals surface area contributed by atoms with Crippen LogP contribution in [-0.4, -0.2) is 23.8 Å². The van der Waals surface area contributed by atoms with Gasteiger partial charge in [0.2, 0.25) is 11.8 Å². The van der Waals surface area contributed by atoms with Crippen LogP contribution in [0.4, 0.5) is 0 Å². The zero-order valence-corrected chi connectivity index (χ0v) is 14.8. The van der Waals surface area contributed by atoms with Gasteiger partial charge in [-0.15, -0.1) is 11.8 Å². The molecule has 0 saturated carbocycles. The number of ether oxygens (including phenoxy) is 1. The van der Waals surface area contributed by atoms with Crippen LogP contribution >= 0.6 is 35.0 Å². The van der Waals surface area contributed by atoms with E-state index in [1.165, 1.54) is 11.8 Å². The molecule has 0 bridgehead atoms. The lowest BCUT2D eigenvalue weighted by atomic mass is 10.2. The number of amides is 1. The number of halogens is 2. The smallest absolute Gasteiger partial charge is 0.230 e. The van der Waals surface area contributed by atoms with Gasteiger partial charge in [-0.3, -0.25) is 4.79 Å². The Kier molecular flexibility index (Phi) is 7.02.